The molecule has 0 saturated heterocycles. The van der Waals surface area contributed by atoms with Crippen LogP contribution in [0.5, 0.6) is 11.5 Å². The van der Waals surface area contributed by atoms with E-state index in [4.69, 9.17) is 26.8 Å². The molecule has 2 aromatic carbocycles. The predicted molar refractivity (Wildman–Crippen MR) is 118 cm³/mol. The minimum atomic E-state index is 0.232. The predicted octanol–water partition coefficient (Wildman–Crippen LogP) is 5.25. The van der Waals surface area contributed by atoms with Crippen LogP contribution in [0.15, 0.2) is 52.7 Å². The summed E-state index contributed by atoms with van der Waals surface area (Å²) >= 11 is 7.82. The second-order valence-electron chi connectivity index (χ2n) is 6.51. The third-order valence-electron chi connectivity index (χ3n) is 4.46. The van der Waals surface area contributed by atoms with E-state index in [2.05, 4.69) is 10.2 Å². The summed E-state index contributed by atoms with van der Waals surface area (Å²) in [5.74, 6) is 2.04. The summed E-state index contributed by atoms with van der Waals surface area (Å²) < 4.78 is 11.5. The zero-order valence-electron chi connectivity index (χ0n) is 15.8. The fraction of sp³-hybridized carbons (Fsp3) is 0.333. The molecule has 5 nitrogen and oxygen atoms in total. The van der Waals surface area contributed by atoms with Gasteiger partial charge in [-0.3, -0.25) is 0 Å². The van der Waals surface area contributed by atoms with Gasteiger partial charge in [0.05, 0.1) is 24.5 Å². The summed E-state index contributed by atoms with van der Waals surface area (Å²) in [7, 11) is 1.61. The third kappa shape index (κ3) is 5.91. The van der Waals surface area contributed by atoms with E-state index in [9.17, 15) is 0 Å². The number of benzene rings is 2. The fourth-order valence-corrected chi connectivity index (χ4v) is 3.81. The number of ether oxygens (including phenoxy) is 2. The Balaban J connectivity index is 1.63. The van der Waals surface area contributed by atoms with Gasteiger partial charge in [-0.15, -0.1) is 5.10 Å². The minimum absolute atomic E-state index is 0.232. The molecule has 148 valence electrons. The van der Waals surface area contributed by atoms with Gasteiger partial charge in [-0.05, 0) is 37.3 Å². The zero-order chi connectivity index (χ0) is 19.8. The van der Waals surface area contributed by atoms with Gasteiger partial charge in [0.1, 0.15) is 0 Å². The molecular weight excluding hydrogens is 394 g/mol. The van der Waals surface area contributed by atoms with E-state index in [-0.39, 0.29) is 6.10 Å². The molecule has 1 aliphatic carbocycles. The Morgan fingerprint density at radius 2 is 1.96 bits per heavy atom. The summed E-state index contributed by atoms with van der Waals surface area (Å²) in [6, 6.07) is 13.7. The number of rotatable bonds is 7. The minimum Gasteiger partial charge on any atom is -0.493 e. The molecule has 2 N–H and O–H groups in total. The second-order valence-corrected chi connectivity index (χ2v) is 7.91. The molecule has 2 aromatic rings. The Morgan fingerprint density at radius 1 is 1.21 bits per heavy atom. The van der Waals surface area contributed by atoms with Gasteiger partial charge in [-0.2, -0.15) is 5.10 Å². The molecule has 0 atom stereocenters. The lowest BCUT2D eigenvalue weighted by molar-refractivity contribution is 0.201. The number of hydrogen-bond acceptors (Lipinski definition) is 5. The molecule has 0 aliphatic heterocycles. The molecule has 3 rings (SSSR count). The van der Waals surface area contributed by atoms with Crippen molar-refractivity contribution < 1.29 is 9.47 Å². The van der Waals surface area contributed by atoms with Gasteiger partial charge in [0.2, 0.25) is 0 Å². The molecule has 0 radical (unpaired) electrons. The van der Waals surface area contributed by atoms with Crippen molar-refractivity contribution >= 4 is 34.7 Å². The first-order valence-corrected chi connectivity index (χ1v) is 10.6. The first-order valence-electron chi connectivity index (χ1n) is 9.23. The standard InChI is InChI=1S/C21H24ClN3O2S/c1-26-19-11-16(18(22)12-20(19)27-17-9-5-6-10-17)13-24-25-21(23)28-14-15-7-3-2-4-8-15/h2-4,7-8,11-13,17H,5-6,9-10,14H2,1H3,(H2,23,25). The van der Waals surface area contributed by atoms with E-state index < -0.39 is 0 Å². The van der Waals surface area contributed by atoms with Gasteiger partial charge >= 0.3 is 0 Å². The first-order chi connectivity index (χ1) is 13.7. The van der Waals surface area contributed by atoms with Crippen molar-refractivity contribution in [2.24, 2.45) is 15.9 Å². The molecule has 1 fully saturated rings. The van der Waals surface area contributed by atoms with Crippen LogP contribution >= 0.6 is 23.4 Å². The number of nitrogens with zero attached hydrogens (tertiary/aromatic N) is 2. The van der Waals surface area contributed by atoms with Crippen molar-refractivity contribution in [1.82, 2.24) is 0 Å². The van der Waals surface area contributed by atoms with Gasteiger partial charge in [0.25, 0.3) is 0 Å². The Morgan fingerprint density at radius 3 is 2.68 bits per heavy atom. The lowest BCUT2D eigenvalue weighted by Gasteiger charge is -2.16. The van der Waals surface area contributed by atoms with Crippen LogP contribution in [-0.2, 0) is 5.75 Å². The van der Waals surface area contributed by atoms with Crippen LogP contribution in [0.2, 0.25) is 5.02 Å². The van der Waals surface area contributed by atoms with Crippen molar-refractivity contribution in [3.8, 4) is 11.5 Å². The lowest BCUT2D eigenvalue weighted by Crippen LogP contribution is -2.11. The molecule has 0 amide bonds. The summed E-state index contributed by atoms with van der Waals surface area (Å²) in [5.41, 5.74) is 7.79. The first kappa shape index (κ1) is 20.6. The van der Waals surface area contributed by atoms with E-state index in [1.807, 2.05) is 30.3 Å². The number of thioether (sulfide) groups is 1. The highest BCUT2D eigenvalue weighted by Gasteiger charge is 2.19. The smallest absolute Gasteiger partial charge is 0.180 e. The highest BCUT2D eigenvalue weighted by atomic mass is 35.5. The van der Waals surface area contributed by atoms with Gasteiger partial charge in [0, 0.05) is 17.4 Å². The van der Waals surface area contributed by atoms with Crippen LogP contribution in [0.3, 0.4) is 0 Å². The molecule has 1 aliphatic rings. The second kappa shape index (κ2) is 10.4. The van der Waals surface area contributed by atoms with Crippen LogP contribution in [0.1, 0.15) is 36.8 Å². The summed E-state index contributed by atoms with van der Waals surface area (Å²) in [6.45, 7) is 0. The van der Waals surface area contributed by atoms with Gasteiger partial charge < -0.3 is 15.2 Å². The van der Waals surface area contributed by atoms with Crippen molar-refractivity contribution in [2.45, 2.75) is 37.5 Å². The zero-order valence-corrected chi connectivity index (χ0v) is 17.4. The van der Waals surface area contributed by atoms with Crippen LogP contribution in [-0.4, -0.2) is 24.6 Å². The summed E-state index contributed by atoms with van der Waals surface area (Å²) in [4.78, 5) is 0. The van der Waals surface area contributed by atoms with Crippen molar-refractivity contribution in [2.75, 3.05) is 7.11 Å². The Labute approximate surface area is 175 Å². The highest BCUT2D eigenvalue weighted by Crippen LogP contribution is 2.35. The van der Waals surface area contributed by atoms with Crippen LogP contribution < -0.4 is 15.2 Å². The molecule has 28 heavy (non-hydrogen) atoms. The van der Waals surface area contributed by atoms with E-state index in [1.54, 1.807) is 25.5 Å². The molecule has 0 spiro atoms. The van der Waals surface area contributed by atoms with Gasteiger partial charge in [0.15, 0.2) is 16.7 Å². The third-order valence-corrected chi connectivity index (χ3v) is 5.64. The summed E-state index contributed by atoms with van der Waals surface area (Å²) in [5, 5.41) is 9.02. The molecule has 7 heteroatoms. The average molecular weight is 418 g/mol. The van der Waals surface area contributed by atoms with Crippen LogP contribution in [0, 0.1) is 0 Å². The van der Waals surface area contributed by atoms with Crippen LogP contribution in [0.4, 0.5) is 0 Å². The van der Waals surface area contributed by atoms with Crippen molar-refractivity contribution in [3.05, 3.63) is 58.6 Å². The van der Waals surface area contributed by atoms with Crippen molar-refractivity contribution in [1.29, 1.82) is 0 Å². The maximum atomic E-state index is 6.39. The maximum absolute atomic E-state index is 6.39. The lowest BCUT2D eigenvalue weighted by atomic mass is 10.2. The Kier molecular flexibility index (Phi) is 7.62. The monoisotopic (exact) mass is 417 g/mol. The summed E-state index contributed by atoms with van der Waals surface area (Å²) in [6.07, 6.45) is 6.34. The van der Waals surface area contributed by atoms with E-state index in [0.29, 0.717) is 27.3 Å². The maximum Gasteiger partial charge on any atom is 0.180 e. The van der Waals surface area contributed by atoms with Gasteiger partial charge in [-0.1, -0.05) is 53.7 Å². The quantitative estimate of drug-likeness (QED) is 0.379. The SMILES string of the molecule is COc1cc(C=NN=C(N)SCc2ccccc2)c(Cl)cc1OC1CCCC1. The largest absolute Gasteiger partial charge is 0.493 e. The molecule has 0 unspecified atom stereocenters. The Bertz CT molecular complexity index is 837. The van der Waals surface area contributed by atoms with E-state index in [1.165, 1.54) is 30.2 Å². The number of nitrogens with two attached hydrogens (primary N) is 1. The number of methoxy groups -OCH3 is 1. The molecule has 0 heterocycles. The average Bonchev–Trinajstić information content (AvgIpc) is 3.22. The van der Waals surface area contributed by atoms with Crippen molar-refractivity contribution in [3.63, 3.8) is 0 Å². The van der Waals surface area contributed by atoms with E-state index in [0.717, 1.165) is 18.6 Å². The molecular formula is C21H24ClN3O2S. The number of amidine groups is 1. The number of hydrogen-bond donors (Lipinski definition) is 1. The normalized spacial score (nSPS) is 15.3. The molecule has 0 bridgehead atoms. The fourth-order valence-electron chi connectivity index (χ4n) is 3.00. The molecule has 0 aromatic heterocycles. The number of halogens is 1. The highest BCUT2D eigenvalue weighted by molar-refractivity contribution is 8.13. The Hall–Kier alpha value is -2.18. The van der Waals surface area contributed by atoms with Gasteiger partial charge in [-0.25, -0.2) is 0 Å². The van der Waals surface area contributed by atoms with Crippen LogP contribution in [0.25, 0.3) is 0 Å². The topological polar surface area (TPSA) is 69.2 Å². The molecule has 1 saturated carbocycles. The van der Waals surface area contributed by atoms with E-state index >= 15 is 0 Å².